The molecule has 1 aromatic carbocycles. The lowest BCUT2D eigenvalue weighted by molar-refractivity contribution is -0.0871. The number of sulfonamides is 1. The first kappa shape index (κ1) is 22.2. The summed E-state index contributed by atoms with van der Waals surface area (Å²) < 4.78 is 46.7. The summed E-state index contributed by atoms with van der Waals surface area (Å²) in [6.45, 7) is -0.0449. The van der Waals surface area contributed by atoms with Gasteiger partial charge in [-0.2, -0.15) is 0 Å². The second-order valence-corrected chi connectivity index (χ2v) is 8.59. The van der Waals surface area contributed by atoms with Gasteiger partial charge < -0.3 is 15.2 Å². The van der Waals surface area contributed by atoms with Crippen LogP contribution in [0.2, 0.25) is 0 Å². The number of nitrogens with one attached hydrogen (secondary N) is 2. The molecule has 30 heavy (non-hydrogen) atoms. The van der Waals surface area contributed by atoms with Crippen LogP contribution in [-0.2, 0) is 14.8 Å². The minimum Gasteiger partial charge on any atom is -0.394 e. The predicted molar refractivity (Wildman–Crippen MR) is 104 cm³/mol. The van der Waals surface area contributed by atoms with Crippen molar-refractivity contribution in [3.63, 3.8) is 0 Å². The van der Waals surface area contributed by atoms with Crippen molar-refractivity contribution in [2.75, 3.05) is 13.2 Å². The van der Waals surface area contributed by atoms with Crippen LogP contribution in [0.4, 0.5) is 4.39 Å². The van der Waals surface area contributed by atoms with Crippen molar-refractivity contribution in [3.05, 3.63) is 54.4 Å². The zero-order valence-corrected chi connectivity index (χ0v) is 16.9. The Kier molecular flexibility index (Phi) is 7.43. The number of carbonyl (C=O) groups is 1. The van der Waals surface area contributed by atoms with Gasteiger partial charge in [-0.1, -0.05) is 6.07 Å². The third-order valence-corrected chi connectivity index (χ3v) is 6.24. The van der Waals surface area contributed by atoms with Gasteiger partial charge in [0, 0.05) is 18.9 Å². The molecule has 2 aromatic rings. The molecule has 1 aromatic heterocycles. The van der Waals surface area contributed by atoms with Crippen LogP contribution in [0.5, 0.6) is 0 Å². The number of aliphatic hydroxyl groups is 1. The highest BCUT2D eigenvalue weighted by Crippen LogP contribution is 2.23. The molecule has 1 saturated heterocycles. The van der Waals surface area contributed by atoms with Crippen LogP contribution in [0.25, 0.3) is 0 Å². The van der Waals surface area contributed by atoms with Crippen LogP contribution in [0, 0.1) is 5.82 Å². The van der Waals surface area contributed by atoms with Gasteiger partial charge in [0.15, 0.2) is 0 Å². The van der Waals surface area contributed by atoms with Crippen molar-refractivity contribution in [1.82, 2.24) is 20.0 Å². The average molecular weight is 438 g/mol. The van der Waals surface area contributed by atoms with Crippen LogP contribution in [-0.4, -0.2) is 60.8 Å². The Morgan fingerprint density at radius 1 is 1.30 bits per heavy atom. The molecule has 1 amide bonds. The van der Waals surface area contributed by atoms with Gasteiger partial charge in [-0.25, -0.2) is 22.5 Å². The molecule has 2 heterocycles. The van der Waals surface area contributed by atoms with Gasteiger partial charge in [-0.3, -0.25) is 9.78 Å². The molecule has 0 bridgehead atoms. The number of aromatic nitrogens is 2. The Balaban J connectivity index is 1.51. The van der Waals surface area contributed by atoms with Gasteiger partial charge in [0.1, 0.15) is 11.5 Å². The first-order chi connectivity index (χ1) is 14.4. The SMILES string of the molecule is O=C(NCC[C@@H]1CC[C@H](NS(=O)(=O)c2cccc(F)c2)[C@H](CO)O1)c1cnccn1. The molecule has 0 unspecified atom stereocenters. The van der Waals surface area contributed by atoms with Gasteiger partial charge in [0.25, 0.3) is 5.91 Å². The van der Waals surface area contributed by atoms with Gasteiger partial charge in [0.2, 0.25) is 10.0 Å². The van der Waals surface area contributed by atoms with Crippen molar-refractivity contribution in [2.24, 2.45) is 0 Å². The normalized spacial score (nSPS) is 21.9. The zero-order chi connectivity index (χ0) is 21.6. The van der Waals surface area contributed by atoms with Crippen molar-refractivity contribution in [2.45, 2.75) is 42.4 Å². The average Bonchev–Trinajstić information content (AvgIpc) is 2.75. The van der Waals surface area contributed by atoms with E-state index < -0.39 is 28.0 Å². The minimum absolute atomic E-state index is 0.187. The largest absolute Gasteiger partial charge is 0.394 e. The summed E-state index contributed by atoms with van der Waals surface area (Å²) in [5, 5.41) is 12.4. The molecule has 0 spiro atoms. The lowest BCUT2D eigenvalue weighted by atomic mass is 9.98. The topological polar surface area (TPSA) is 131 Å². The number of benzene rings is 1. The van der Waals surface area contributed by atoms with E-state index in [4.69, 9.17) is 4.74 Å². The number of hydrogen-bond acceptors (Lipinski definition) is 7. The summed E-state index contributed by atoms with van der Waals surface area (Å²) in [5.74, 6) is -1.00. The number of aliphatic hydroxyl groups excluding tert-OH is 1. The Hall–Kier alpha value is -2.47. The molecular formula is C19H23FN4O5S. The van der Waals surface area contributed by atoms with E-state index in [1.54, 1.807) is 0 Å². The van der Waals surface area contributed by atoms with Gasteiger partial charge >= 0.3 is 0 Å². The van der Waals surface area contributed by atoms with Crippen molar-refractivity contribution >= 4 is 15.9 Å². The summed E-state index contributed by atoms with van der Waals surface area (Å²) in [7, 11) is -3.95. The minimum atomic E-state index is -3.95. The molecule has 11 heteroatoms. The fourth-order valence-electron chi connectivity index (χ4n) is 3.23. The van der Waals surface area contributed by atoms with Crippen LogP contribution < -0.4 is 10.0 Å². The molecule has 3 N–H and O–H groups in total. The highest BCUT2D eigenvalue weighted by molar-refractivity contribution is 7.89. The molecule has 0 aliphatic carbocycles. The third kappa shape index (κ3) is 5.79. The standard InChI is InChI=1S/C19H23FN4O5S/c20-13-2-1-3-15(10-13)30(27,28)24-16-5-4-14(29-18(16)12-25)6-7-23-19(26)17-11-21-8-9-22-17/h1-3,8-11,14,16,18,24-25H,4-7,12H2,(H,23,26)/t14-,16-,18-/m0/s1. The molecule has 1 aliphatic rings. The van der Waals surface area contributed by atoms with E-state index in [2.05, 4.69) is 20.0 Å². The van der Waals surface area contributed by atoms with E-state index in [-0.39, 0.29) is 29.2 Å². The summed E-state index contributed by atoms with van der Waals surface area (Å²) in [6.07, 6.45) is 4.73. The van der Waals surface area contributed by atoms with Gasteiger partial charge in [0.05, 0.1) is 35.9 Å². The van der Waals surface area contributed by atoms with E-state index in [9.17, 15) is 22.7 Å². The molecule has 162 valence electrons. The molecule has 9 nitrogen and oxygen atoms in total. The molecule has 0 saturated carbocycles. The van der Waals surface area contributed by atoms with E-state index in [0.29, 0.717) is 25.8 Å². The number of hydrogen-bond donors (Lipinski definition) is 3. The number of carbonyl (C=O) groups excluding carboxylic acids is 1. The van der Waals surface area contributed by atoms with E-state index in [0.717, 1.165) is 12.1 Å². The molecule has 3 rings (SSSR count). The Morgan fingerprint density at radius 3 is 2.83 bits per heavy atom. The lowest BCUT2D eigenvalue weighted by Gasteiger charge is -2.36. The van der Waals surface area contributed by atoms with Crippen LogP contribution in [0.1, 0.15) is 29.8 Å². The Labute approximate surface area is 173 Å². The third-order valence-electron chi connectivity index (χ3n) is 4.76. The fraction of sp³-hybridized carbons (Fsp3) is 0.421. The van der Waals surface area contributed by atoms with E-state index in [1.807, 2.05) is 0 Å². The first-order valence-electron chi connectivity index (χ1n) is 9.47. The number of amides is 1. The van der Waals surface area contributed by atoms with Gasteiger partial charge in [-0.05, 0) is 37.5 Å². The predicted octanol–water partition coefficient (Wildman–Crippen LogP) is 0.623. The number of ether oxygens (including phenoxy) is 1. The van der Waals surface area contributed by atoms with E-state index in [1.165, 1.54) is 30.7 Å². The molecular weight excluding hydrogens is 415 g/mol. The summed E-state index contributed by atoms with van der Waals surface area (Å²) >= 11 is 0. The molecule has 1 fully saturated rings. The smallest absolute Gasteiger partial charge is 0.271 e. The van der Waals surface area contributed by atoms with Crippen molar-refractivity contribution < 1.29 is 27.4 Å². The Morgan fingerprint density at radius 2 is 2.13 bits per heavy atom. The first-order valence-corrected chi connectivity index (χ1v) is 11.0. The highest BCUT2D eigenvalue weighted by Gasteiger charge is 2.34. The Bertz CT molecular complexity index is 960. The fourth-order valence-corrected chi connectivity index (χ4v) is 4.56. The van der Waals surface area contributed by atoms with E-state index >= 15 is 0 Å². The zero-order valence-electron chi connectivity index (χ0n) is 16.1. The van der Waals surface area contributed by atoms with Crippen LogP contribution in [0.3, 0.4) is 0 Å². The maximum atomic E-state index is 13.4. The number of nitrogens with zero attached hydrogens (tertiary/aromatic N) is 2. The lowest BCUT2D eigenvalue weighted by Crippen LogP contribution is -2.51. The summed E-state index contributed by atoms with van der Waals surface area (Å²) in [6, 6.07) is 4.06. The molecule has 1 aliphatic heterocycles. The quantitative estimate of drug-likeness (QED) is 0.551. The summed E-state index contributed by atoms with van der Waals surface area (Å²) in [4.78, 5) is 19.5. The number of halogens is 1. The maximum Gasteiger partial charge on any atom is 0.271 e. The van der Waals surface area contributed by atoms with Crippen LogP contribution in [0.15, 0.2) is 47.8 Å². The molecule has 0 radical (unpaired) electrons. The highest BCUT2D eigenvalue weighted by atomic mass is 32.2. The molecule has 3 atom stereocenters. The van der Waals surface area contributed by atoms with Crippen LogP contribution >= 0.6 is 0 Å². The second-order valence-electron chi connectivity index (χ2n) is 6.88. The number of rotatable bonds is 8. The monoisotopic (exact) mass is 438 g/mol. The summed E-state index contributed by atoms with van der Waals surface area (Å²) in [5.41, 5.74) is 0.210. The second kappa shape index (κ2) is 10.0. The van der Waals surface area contributed by atoms with Crippen molar-refractivity contribution in [1.29, 1.82) is 0 Å². The van der Waals surface area contributed by atoms with Crippen molar-refractivity contribution in [3.8, 4) is 0 Å². The maximum absolute atomic E-state index is 13.4. The van der Waals surface area contributed by atoms with Gasteiger partial charge in [-0.15, -0.1) is 0 Å².